The number of aliphatic carboxylic acids is 1. The van der Waals surface area contributed by atoms with Crippen molar-refractivity contribution in [1.29, 1.82) is 0 Å². The van der Waals surface area contributed by atoms with Crippen LogP contribution in [-0.2, 0) is 14.3 Å². The molecule has 1 aliphatic rings. The number of ether oxygens (including phenoxy) is 1. The van der Waals surface area contributed by atoms with Crippen LogP contribution in [0.5, 0.6) is 0 Å². The lowest BCUT2D eigenvalue weighted by atomic mass is 10.3. The molecule has 0 saturated heterocycles. The Labute approximate surface area is 102 Å². The van der Waals surface area contributed by atoms with E-state index >= 15 is 0 Å². The molecule has 1 N–H and O–H groups in total. The van der Waals surface area contributed by atoms with Crippen LogP contribution in [0.1, 0.15) is 32.6 Å². The molecule has 5 heteroatoms. The number of carboxylic acid groups (broad SMARTS) is 1. The number of hydrogen-bond acceptors (Lipinski definition) is 3. The molecule has 0 heterocycles. The van der Waals surface area contributed by atoms with Crippen molar-refractivity contribution in [3.63, 3.8) is 0 Å². The SMILES string of the molecule is CCCOCCC(=O)N(CC(=O)O)CC1CC1. The molecule has 0 atom stereocenters. The molecular formula is C12H21NO4. The maximum Gasteiger partial charge on any atom is 0.323 e. The second-order valence-electron chi connectivity index (χ2n) is 4.47. The van der Waals surface area contributed by atoms with E-state index in [1.165, 1.54) is 4.90 Å². The molecule has 1 saturated carbocycles. The summed E-state index contributed by atoms with van der Waals surface area (Å²) in [5.41, 5.74) is 0. The first kappa shape index (κ1) is 14.0. The van der Waals surface area contributed by atoms with Crippen LogP contribution in [0, 0.1) is 5.92 Å². The summed E-state index contributed by atoms with van der Waals surface area (Å²) in [5.74, 6) is -0.557. The van der Waals surface area contributed by atoms with Crippen molar-refractivity contribution in [1.82, 2.24) is 4.90 Å². The molecular weight excluding hydrogens is 222 g/mol. The number of nitrogens with zero attached hydrogens (tertiary/aromatic N) is 1. The molecule has 0 unspecified atom stereocenters. The Balaban J connectivity index is 2.27. The van der Waals surface area contributed by atoms with Crippen LogP contribution >= 0.6 is 0 Å². The largest absolute Gasteiger partial charge is 0.480 e. The third-order valence-electron chi connectivity index (χ3n) is 2.66. The second kappa shape index (κ2) is 7.27. The fraction of sp³-hybridized carbons (Fsp3) is 0.833. The van der Waals surface area contributed by atoms with Gasteiger partial charge in [0.25, 0.3) is 0 Å². The summed E-state index contributed by atoms with van der Waals surface area (Å²) in [7, 11) is 0. The summed E-state index contributed by atoms with van der Waals surface area (Å²) >= 11 is 0. The fourth-order valence-electron chi connectivity index (χ4n) is 1.59. The van der Waals surface area contributed by atoms with Gasteiger partial charge in [0, 0.05) is 13.2 Å². The number of amides is 1. The second-order valence-corrected chi connectivity index (χ2v) is 4.47. The minimum absolute atomic E-state index is 0.115. The van der Waals surface area contributed by atoms with Crippen molar-refractivity contribution in [2.24, 2.45) is 5.92 Å². The van der Waals surface area contributed by atoms with Gasteiger partial charge in [-0.05, 0) is 25.2 Å². The molecule has 1 fully saturated rings. The van der Waals surface area contributed by atoms with Gasteiger partial charge in [-0.3, -0.25) is 9.59 Å². The summed E-state index contributed by atoms with van der Waals surface area (Å²) in [6.45, 7) is 3.43. The minimum Gasteiger partial charge on any atom is -0.480 e. The van der Waals surface area contributed by atoms with E-state index in [0.29, 0.717) is 25.7 Å². The highest BCUT2D eigenvalue weighted by molar-refractivity contribution is 5.81. The lowest BCUT2D eigenvalue weighted by Gasteiger charge is -2.20. The first-order valence-corrected chi connectivity index (χ1v) is 6.20. The number of rotatable bonds is 9. The Hall–Kier alpha value is -1.10. The number of carbonyl (C=O) groups is 2. The zero-order valence-electron chi connectivity index (χ0n) is 10.4. The molecule has 0 spiro atoms. The van der Waals surface area contributed by atoms with Crippen molar-refractivity contribution in [2.45, 2.75) is 32.6 Å². The Morgan fingerprint density at radius 1 is 1.35 bits per heavy atom. The van der Waals surface area contributed by atoms with Gasteiger partial charge in [0.05, 0.1) is 13.0 Å². The van der Waals surface area contributed by atoms with Crippen LogP contribution in [0.2, 0.25) is 0 Å². The standard InChI is InChI=1S/C12H21NO4/c1-2-6-17-7-5-11(14)13(9-12(15)16)8-10-3-4-10/h10H,2-9H2,1H3,(H,15,16). The van der Waals surface area contributed by atoms with Crippen LogP contribution in [0.15, 0.2) is 0 Å². The van der Waals surface area contributed by atoms with Crippen molar-refractivity contribution in [2.75, 3.05) is 26.3 Å². The number of carbonyl (C=O) groups excluding carboxylic acids is 1. The van der Waals surface area contributed by atoms with Gasteiger partial charge in [0.15, 0.2) is 0 Å². The minimum atomic E-state index is -0.950. The summed E-state index contributed by atoms with van der Waals surface area (Å²) in [4.78, 5) is 23.9. The molecule has 1 aliphatic carbocycles. The van der Waals surface area contributed by atoms with Crippen LogP contribution < -0.4 is 0 Å². The van der Waals surface area contributed by atoms with Crippen LogP contribution in [-0.4, -0.2) is 48.2 Å². The molecule has 98 valence electrons. The van der Waals surface area contributed by atoms with E-state index < -0.39 is 5.97 Å². The Morgan fingerprint density at radius 3 is 2.59 bits per heavy atom. The third kappa shape index (κ3) is 6.26. The van der Waals surface area contributed by atoms with Crippen LogP contribution in [0.3, 0.4) is 0 Å². The summed E-state index contributed by atoms with van der Waals surface area (Å²) in [6, 6.07) is 0. The molecule has 1 rings (SSSR count). The molecule has 0 aromatic heterocycles. The Bertz CT molecular complexity index is 263. The van der Waals surface area contributed by atoms with Gasteiger partial charge >= 0.3 is 5.97 Å². The van der Waals surface area contributed by atoms with E-state index in [1.54, 1.807) is 0 Å². The highest BCUT2D eigenvalue weighted by Gasteiger charge is 2.27. The van der Waals surface area contributed by atoms with Crippen molar-refractivity contribution in [3.05, 3.63) is 0 Å². The summed E-state index contributed by atoms with van der Waals surface area (Å²) in [5, 5.41) is 8.75. The average Bonchev–Trinajstić information content (AvgIpc) is 3.06. The fourth-order valence-corrected chi connectivity index (χ4v) is 1.59. The predicted octanol–water partition coefficient (Wildman–Crippen LogP) is 1.13. The molecule has 5 nitrogen and oxygen atoms in total. The zero-order chi connectivity index (χ0) is 12.7. The molecule has 0 aromatic carbocycles. The van der Waals surface area contributed by atoms with Gasteiger partial charge in [-0.2, -0.15) is 0 Å². The molecule has 1 amide bonds. The van der Waals surface area contributed by atoms with Gasteiger partial charge in [-0.25, -0.2) is 0 Å². The van der Waals surface area contributed by atoms with Gasteiger partial charge in [0.1, 0.15) is 6.54 Å². The van der Waals surface area contributed by atoms with Crippen LogP contribution in [0.25, 0.3) is 0 Å². The van der Waals surface area contributed by atoms with Gasteiger partial charge < -0.3 is 14.7 Å². The van der Waals surface area contributed by atoms with E-state index in [0.717, 1.165) is 19.3 Å². The Morgan fingerprint density at radius 2 is 2.06 bits per heavy atom. The van der Waals surface area contributed by atoms with Gasteiger partial charge in [0.2, 0.25) is 5.91 Å². The van der Waals surface area contributed by atoms with Gasteiger partial charge in [-0.1, -0.05) is 6.92 Å². The first-order chi connectivity index (χ1) is 8.13. The van der Waals surface area contributed by atoms with Crippen molar-refractivity contribution in [3.8, 4) is 0 Å². The first-order valence-electron chi connectivity index (χ1n) is 6.20. The normalized spacial score (nSPS) is 14.6. The highest BCUT2D eigenvalue weighted by atomic mass is 16.5. The van der Waals surface area contributed by atoms with E-state index in [9.17, 15) is 9.59 Å². The molecule has 0 bridgehead atoms. The van der Waals surface area contributed by atoms with E-state index in [-0.39, 0.29) is 18.9 Å². The van der Waals surface area contributed by atoms with Crippen molar-refractivity contribution < 1.29 is 19.4 Å². The van der Waals surface area contributed by atoms with E-state index in [1.807, 2.05) is 6.92 Å². The number of carboxylic acids is 1. The Kier molecular flexibility index (Phi) is 5.97. The average molecular weight is 243 g/mol. The molecule has 0 aromatic rings. The number of hydrogen-bond donors (Lipinski definition) is 1. The zero-order valence-corrected chi connectivity index (χ0v) is 10.4. The predicted molar refractivity (Wildman–Crippen MR) is 62.7 cm³/mol. The smallest absolute Gasteiger partial charge is 0.323 e. The maximum atomic E-state index is 11.8. The van der Waals surface area contributed by atoms with Crippen molar-refractivity contribution >= 4 is 11.9 Å². The molecule has 0 aliphatic heterocycles. The molecule has 0 radical (unpaired) electrons. The highest BCUT2D eigenvalue weighted by Crippen LogP contribution is 2.29. The van der Waals surface area contributed by atoms with Gasteiger partial charge in [-0.15, -0.1) is 0 Å². The van der Waals surface area contributed by atoms with Crippen LogP contribution in [0.4, 0.5) is 0 Å². The lowest BCUT2D eigenvalue weighted by molar-refractivity contribution is -0.145. The monoisotopic (exact) mass is 243 g/mol. The lowest BCUT2D eigenvalue weighted by Crippen LogP contribution is -2.37. The maximum absolute atomic E-state index is 11.8. The topological polar surface area (TPSA) is 66.8 Å². The van der Waals surface area contributed by atoms with E-state index in [2.05, 4.69) is 0 Å². The quantitative estimate of drug-likeness (QED) is 0.616. The summed E-state index contributed by atoms with van der Waals surface area (Å²) < 4.78 is 5.23. The summed E-state index contributed by atoms with van der Waals surface area (Å²) in [6.07, 6.45) is 3.42. The van der Waals surface area contributed by atoms with E-state index in [4.69, 9.17) is 9.84 Å². The third-order valence-corrected chi connectivity index (χ3v) is 2.66. The molecule has 17 heavy (non-hydrogen) atoms.